The molecular weight excluding hydrogens is 289 g/mol. The number of halogens is 1. The molecule has 1 aliphatic rings. The van der Waals surface area contributed by atoms with Gasteiger partial charge in [-0.1, -0.05) is 17.3 Å². The second kappa shape index (κ2) is 6.41. The Morgan fingerprint density at radius 2 is 2.18 bits per heavy atom. The average molecular weight is 307 g/mol. The third-order valence-corrected chi connectivity index (χ3v) is 3.99. The summed E-state index contributed by atoms with van der Waals surface area (Å²) in [5.74, 6) is 0.614. The molecule has 1 saturated carbocycles. The van der Waals surface area contributed by atoms with E-state index in [4.69, 9.17) is 15.0 Å². The van der Waals surface area contributed by atoms with Crippen molar-refractivity contribution in [3.8, 4) is 5.75 Å². The van der Waals surface area contributed by atoms with Crippen LogP contribution in [0.4, 0.5) is 4.39 Å². The average Bonchev–Trinajstić information content (AvgIpc) is 3.12. The molecule has 3 N–H and O–H groups in total. The minimum absolute atomic E-state index is 0.0123. The lowest BCUT2D eigenvalue weighted by Crippen LogP contribution is -2.21. The number of benzene rings is 1. The summed E-state index contributed by atoms with van der Waals surface area (Å²) in [5.41, 5.74) is 5.61. The maximum Gasteiger partial charge on any atom is 0.229 e. The summed E-state index contributed by atoms with van der Waals surface area (Å²) < 4.78 is 24.0. The van der Waals surface area contributed by atoms with Crippen LogP contribution < -0.4 is 10.5 Å². The summed E-state index contributed by atoms with van der Waals surface area (Å²) in [4.78, 5) is 4.26. The smallest absolute Gasteiger partial charge is 0.229 e. The zero-order valence-electron chi connectivity index (χ0n) is 12.0. The van der Waals surface area contributed by atoms with E-state index in [2.05, 4.69) is 10.1 Å². The van der Waals surface area contributed by atoms with Crippen LogP contribution in [0.25, 0.3) is 0 Å². The van der Waals surface area contributed by atoms with E-state index in [1.54, 1.807) is 12.1 Å². The predicted molar refractivity (Wildman–Crippen MR) is 75.6 cm³/mol. The van der Waals surface area contributed by atoms with E-state index in [0.29, 0.717) is 24.7 Å². The van der Waals surface area contributed by atoms with Crippen molar-refractivity contribution in [1.82, 2.24) is 10.1 Å². The molecule has 3 rings (SSSR count). The topological polar surface area (TPSA) is 94.4 Å². The number of aliphatic hydroxyl groups excluding tert-OH is 1. The molecule has 22 heavy (non-hydrogen) atoms. The fourth-order valence-corrected chi connectivity index (χ4v) is 2.75. The van der Waals surface area contributed by atoms with E-state index in [1.807, 2.05) is 0 Å². The van der Waals surface area contributed by atoms with Gasteiger partial charge in [0.15, 0.2) is 18.2 Å². The SMILES string of the molecule is NC[C@@H]1C[C@@H](c2nc(COc3ccccc3F)no2)C[C@@H]1O. The lowest BCUT2D eigenvalue weighted by atomic mass is 10.0. The van der Waals surface area contributed by atoms with Crippen molar-refractivity contribution >= 4 is 0 Å². The Morgan fingerprint density at radius 1 is 1.36 bits per heavy atom. The standard InChI is InChI=1S/C15H18FN3O3/c16-11-3-1-2-4-13(11)21-8-14-18-15(22-19-14)9-5-10(7-17)12(20)6-9/h1-4,9-10,12,20H,5-8,17H2/t9-,10+,12+/m1/s1. The lowest BCUT2D eigenvalue weighted by molar-refractivity contribution is 0.135. The molecule has 1 aromatic carbocycles. The first kappa shape index (κ1) is 14.9. The highest BCUT2D eigenvalue weighted by Gasteiger charge is 2.35. The summed E-state index contributed by atoms with van der Waals surface area (Å²) in [6.45, 7) is 0.467. The van der Waals surface area contributed by atoms with Gasteiger partial charge in [0.1, 0.15) is 0 Å². The van der Waals surface area contributed by atoms with Gasteiger partial charge in [0, 0.05) is 5.92 Å². The second-order valence-electron chi connectivity index (χ2n) is 5.50. The number of ether oxygens (including phenoxy) is 1. The van der Waals surface area contributed by atoms with E-state index in [0.717, 1.165) is 6.42 Å². The molecule has 0 radical (unpaired) electrons. The molecule has 118 valence electrons. The molecule has 1 heterocycles. The highest BCUT2D eigenvalue weighted by molar-refractivity contribution is 5.23. The number of hydrogen-bond donors (Lipinski definition) is 2. The fourth-order valence-electron chi connectivity index (χ4n) is 2.75. The first-order chi connectivity index (χ1) is 10.7. The number of nitrogens with two attached hydrogens (primary N) is 1. The predicted octanol–water partition coefficient (Wildman–Crippen LogP) is 1.60. The summed E-state index contributed by atoms with van der Waals surface area (Å²) in [7, 11) is 0. The molecule has 1 aliphatic carbocycles. The van der Waals surface area contributed by atoms with Gasteiger partial charge in [-0.2, -0.15) is 4.98 Å². The molecule has 0 spiro atoms. The first-order valence-electron chi connectivity index (χ1n) is 7.25. The molecular formula is C15H18FN3O3. The molecule has 0 aliphatic heterocycles. The number of para-hydroxylation sites is 1. The van der Waals surface area contributed by atoms with Crippen LogP contribution in [0.2, 0.25) is 0 Å². The minimum Gasteiger partial charge on any atom is -0.482 e. The van der Waals surface area contributed by atoms with Crippen LogP contribution >= 0.6 is 0 Å². The Labute approximate surface area is 127 Å². The largest absolute Gasteiger partial charge is 0.482 e. The van der Waals surface area contributed by atoms with Crippen LogP contribution in [0.3, 0.4) is 0 Å². The van der Waals surface area contributed by atoms with E-state index in [9.17, 15) is 9.50 Å². The number of aromatic nitrogens is 2. The first-order valence-corrected chi connectivity index (χ1v) is 7.25. The summed E-state index contributed by atoms with van der Waals surface area (Å²) in [6, 6.07) is 6.14. The second-order valence-corrected chi connectivity index (χ2v) is 5.50. The Kier molecular flexibility index (Phi) is 4.35. The van der Waals surface area contributed by atoms with Crippen LogP contribution in [-0.4, -0.2) is 27.9 Å². The van der Waals surface area contributed by atoms with Crippen molar-refractivity contribution in [3.63, 3.8) is 0 Å². The van der Waals surface area contributed by atoms with Gasteiger partial charge in [-0.25, -0.2) is 4.39 Å². The molecule has 0 amide bonds. The van der Waals surface area contributed by atoms with Crippen molar-refractivity contribution in [2.75, 3.05) is 6.54 Å². The highest BCUT2D eigenvalue weighted by atomic mass is 19.1. The van der Waals surface area contributed by atoms with E-state index < -0.39 is 11.9 Å². The molecule has 7 heteroatoms. The zero-order chi connectivity index (χ0) is 15.5. The van der Waals surface area contributed by atoms with Gasteiger partial charge >= 0.3 is 0 Å². The van der Waals surface area contributed by atoms with E-state index in [-0.39, 0.29) is 24.2 Å². The Balaban J connectivity index is 1.61. The number of nitrogens with zero attached hydrogens (tertiary/aromatic N) is 2. The Bertz CT molecular complexity index is 634. The Hall–Kier alpha value is -1.99. The summed E-state index contributed by atoms with van der Waals surface area (Å²) in [6.07, 6.45) is 0.866. The maximum absolute atomic E-state index is 13.4. The third kappa shape index (κ3) is 3.10. The van der Waals surface area contributed by atoms with Crippen LogP contribution in [0.15, 0.2) is 28.8 Å². The van der Waals surface area contributed by atoms with Crippen LogP contribution in [-0.2, 0) is 6.61 Å². The van der Waals surface area contributed by atoms with Crippen LogP contribution in [0, 0.1) is 11.7 Å². The number of hydrogen-bond acceptors (Lipinski definition) is 6. The van der Waals surface area contributed by atoms with Crippen molar-refractivity contribution in [2.45, 2.75) is 31.5 Å². The molecule has 3 atom stereocenters. The fraction of sp³-hybridized carbons (Fsp3) is 0.467. The third-order valence-electron chi connectivity index (χ3n) is 3.99. The Morgan fingerprint density at radius 3 is 2.91 bits per heavy atom. The quantitative estimate of drug-likeness (QED) is 0.871. The highest BCUT2D eigenvalue weighted by Crippen LogP contribution is 2.37. The van der Waals surface area contributed by atoms with Gasteiger partial charge in [-0.3, -0.25) is 0 Å². The zero-order valence-corrected chi connectivity index (χ0v) is 12.0. The van der Waals surface area contributed by atoms with Crippen molar-refractivity contribution < 1.29 is 18.8 Å². The molecule has 1 fully saturated rings. The molecule has 0 unspecified atom stereocenters. The number of aliphatic hydroxyl groups is 1. The lowest BCUT2D eigenvalue weighted by Gasteiger charge is -2.09. The molecule has 0 bridgehead atoms. The van der Waals surface area contributed by atoms with Crippen LogP contribution in [0.5, 0.6) is 5.75 Å². The number of rotatable bonds is 5. The van der Waals surface area contributed by atoms with Crippen molar-refractivity contribution in [2.24, 2.45) is 11.7 Å². The van der Waals surface area contributed by atoms with Crippen molar-refractivity contribution in [1.29, 1.82) is 0 Å². The van der Waals surface area contributed by atoms with Crippen molar-refractivity contribution in [3.05, 3.63) is 41.8 Å². The van der Waals surface area contributed by atoms with E-state index >= 15 is 0 Å². The van der Waals surface area contributed by atoms with Crippen LogP contribution in [0.1, 0.15) is 30.5 Å². The van der Waals surface area contributed by atoms with Gasteiger partial charge in [0.05, 0.1) is 6.10 Å². The molecule has 0 saturated heterocycles. The van der Waals surface area contributed by atoms with Gasteiger partial charge in [0.25, 0.3) is 0 Å². The van der Waals surface area contributed by atoms with Gasteiger partial charge in [-0.15, -0.1) is 0 Å². The normalized spacial score (nSPS) is 24.6. The minimum atomic E-state index is -0.434. The van der Waals surface area contributed by atoms with Gasteiger partial charge in [-0.05, 0) is 37.4 Å². The maximum atomic E-state index is 13.4. The monoisotopic (exact) mass is 307 g/mol. The molecule has 6 nitrogen and oxygen atoms in total. The molecule has 2 aromatic rings. The summed E-state index contributed by atoms with van der Waals surface area (Å²) in [5, 5.41) is 13.7. The van der Waals surface area contributed by atoms with E-state index in [1.165, 1.54) is 12.1 Å². The van der Waals surface area contributed by atoms with Gasteiger partial charge < -0.3 is 20.1 Å². The van der Waals surface area contributed by atoms with Gasteiger partial charge in [0.2, 0.25) is 11.7 Å². The summed E-state index contributed by atoms with van der Waals surface area (Å²) >= 11 is 0. The molecule has 1 aromatic heterocycles.